The van der Waals surface area contributed by atoms with Crippen LogP contribution in [0.3, 0.4) is 0 Å². The highest BCUT2D eigenvalue weighted by Gasteiger charge is 2.30. The molecular formula is C36H38ClFN4O5S. The lowest BCUT2D eigenvalue weighted by atomic mass is 9.87. The molecule has 0 bridgehead atoms. The van der Waals surface area contributed by atoms with Crippen molar-refractivity contribution in [2.45, 2.75) is 32.3 Å². The monoisotopic (exact) mass is 692 g/mol. The van der Waals surface area contributed by atoms with Crippen molar-refractivity contribution < 1.29 is 28.5 Å². The van der Waals surface area contributed by atoms with Gasteiger partial charge in [0, 0.05) is 62.9 Å². The number of methoxy groups -OCH3 is 1. The van der Waals surface area contributed by atoms with Gasteiger partial charge in [-0.25, -0.2) is 9.18 Å². The first kappa shape index (κ1) is 33.9. The number of piperazine rings is 1. The average molecular weight is 693 g/mol. The number of carboxylic acids is 1. The van der Waals surface area contributed by atoms with Gasteiger partial charge in [0.1, 0.15) is 23.9 Å². The smallest absolute Gasteiger partial charge is 0.345 e. The van der Waals surface area contributed by atoms with Gasteiger partial charge in [0.25, 0.3) is 0 Å². The van der Waals surface area contributed by atoms with Gasteiger partial charge in [-0.3, -0.25) is 9.88 Å². The number of hydrogen-bond acceptors (Lipinski definition) is 9. The number of rotatable bonds is 12. The second-order valence-corrected chi connectivity index (χ2v) is 13.2. The van der Waals surface area contributed by atoms with Crippen LogP contribution >= 0.6 is 23.1 Å². The number of aromatic nitrogens is 2. The SMILES string of the molecule is COc1ccccc1C[C@@H](Oc1nsc2cnc(-c3cccc(F)c3)c(C3=C(C)C(Cl)=C(OCCN4CCN(C)CC4)CC3)c12)C(=O)O. The number of nitrogens with zero attached hydrogens (tertiary/aromatic N) is 4. The number of aliphatic carboxylic acids is 1. The second kappa shape index (κ2) is 15.0. The summed E-state index contributed by atoms with van der Waals surface area (Å²) in [6.45, 7) is 7.41. The van der Waals surface area contributed by atoms with Gasteiger partial charge < -0.3 is 24.2 Å². The first-order chi connectivity index (χ1) is 23.2. The fourth-order valence-corrected chi connectivity index (χ4v) is 7.18. The molecule has 0 unspecified atom stereocenters. The first-order valence-corrected chi connectivity index (χ1v) is 17.1. The number of hydrogen-bond donors (Lipinski definition) is 1. The molecule has 0 radical (unpaired) electrons. The van der Waals surface area contributed by atoms with Gasteiger partial charge in [0.15, 0.2) is 0 Å². The van der Waals surface area contributed by atoms with E-state index in [1.54, 1.807) is 31.5 Å². The zero-order valence-electron chi connectivity index (χ0n) is 27.2. The molecular weight excluding hydrogens is 655 g/mol. The number of ether oxygens (including phenoxy) is 3. The summed E-state index contributed by atoms with van der Waals surface area (Å²) >= 11 is 8.18. The van der Waals surface area contributed by atoms with E-state index in [-0.39, 0.29) is 12.3 Å². The summed E-state index contributed by atoms with van der Waals surface area (Å²) in [5, 5.41) is 11.4. The fraction of sp³-hybridized carbons (Fsp3) is 0.361. The van der Waals surface area contributed by atoms with E-state index in [0.29, 0.717) is 62.7 Å². The zero-order chi connectivity index (χ0) is 33.8. The lowest BCUT2D eigenvalue weighted by Gasteiger charge is -2.32. The number of carboxylic acid groups (broad SMARTS) is 1. The van der Waals surface area contributed by atoms with Gasteiger partial charge in [-0.2, -0.15) is 4.37 Å². The van der Waals surface area contributed by atoms with Crippen LogP contribution in [-0.2, 0) is 16.0 Å². The van der Waals surface area contributed by atoms with Crippen molar-refractivity contribution in [3.05, 3.63) is 88.0 Å². The Morgan fingerprint density at radius 3 is 2.67 bits per heavy atom. The third kappa shape index (κ3) is 7.34. The van der Waals surface area contributed by atoms with Crippen molar-refractivity contribution in [2.75, 3.05) is 53.5 Å². The summed E-state index contributed by atoms with van der Waals surface area (Å²) in [5.41, 5.74) is 4.19. The second-order valence-electron chi connectivity index (χ2n) is 12.0. The number of likely N-dealkylation sites (N-methyl/N-ethyl adjacent to an activating group) is 1. The van der Waals surface area contributed by atoms with Crippen molar-refractivity contribution >= 4 is 44.8 Å². The lowest BCUT2D eigenvalue weighted by Crippen LogP contribution is -2.45. The molecule has 4 aromatic rings. The largest absolute Gasteiger partial charge is 0.496 e. The van der Waals surface area contributed by atoms with Crippen LogP contribution in [0.15, 0.2) is 71.1 Å². The Morgan fingerprint density at radius 2 is 1.92 bits per heavy atom. The summed E-state index contributed by atoms with van der Waals surface area (Å²) in [7, 11) is 3.68. The van der Waals surface area contributed by atoms with Crippen molar-refractivity contribution in [1.82, 2.24) is 19.2 Å². The minimum Gasteiger partial charge on any atom is -0.496 e. The quantitative estimate of drug-likeness (QED) is 0.171. The lowest BCUT2D eigenvalue weighted by molar-refractivity contribution is -0.145. The Morgan fingerprint density at radius 1 is 1.12 bits per heavy atom. The molecule has 1 aliphatic carbocycles. The number of fused-ring (bicyclic) bond motifs is 1. The maximum Gasteiger partial charge on any atom is 0.345 e. The van der Waals surface area contributed by atoms with E-state index in [4.69, 9.17) is 30.8 Å². The highest BCUT2D eigenvalue weighted by atomic mass is 35.5. The number of allylic oxidation sites excluding steroid dienone is 4. The summed E-state index contributed by atoms with van der Waals surface area (Å²) in [6, 6.07) is 13.5. The standard InChI is InChI=1S/C36H38ClFN4O5S/c1-22-26(11-12-28(33(22)37)46-18-17-42-15-13-41(2)14-16-42)31-32-30(21-39-34(31)24-8-6-9-25(38)19-24)48-40-35(32)47-29(36(43)44)20-23-7-4-5-10-27(23)45-3/h4-10,19,21,29H,11-18,20H2,1-3H3,(H,43,44)/t29-/m1/s1. The minimum absolute atomic E-state index is 0.0562. The molecule has 6 rings (SSSR count). The Balaban J connectivity index is 1.38. The van der Waals surface area contributed by atoms with Gasteiger partial charge in [0.2, 0.25) is 12.0 Å². The van der Waals surface area contributed by atoms with Crippen molar-refractivity contribution in [2.24, 2.45) is 0 Å². The summed E-state index contributed by atoms with van der Waals surface area (Å²) in [6.07, 6.45) is 1.61. The minimum atomic E-state index is -1.25. The highest BCUT2D eigenvalue weighted by molar-refractivity contribution is 7.13. The molecule has 3 heterocycles. The van der Waals surface area contributed by atoms with E-state index in [9.17, 15) is 14.3 Å². The van der Waals surface area contributed by atoms with Crippen LogP contribution in [0, 0.1) is 5.82 Å². The third-order valence-electron chi connectivity index (χ3n) is 8.92. The predicted octanol–water partition coefficient (Wildman–Crippen LogP) is 6.86. The topological polar surface area (TPSA) is 97.3 Å². The number of pyridine rings is 1. The van der Waals surface area contributed by atoms with Crippen LogP contribution < -0.4 is 9.47 Å². The summed E-state index contributed by atoms with van der Waals surface area (Å²) < 4.78 is 37.7. The number of para-hydroxylation sites is 1. The predicted molar refractivity (Wildman–Crippen MR) is 186 cm³/mol. The molecule has 9 nitrogen and oxygen atoms in total. The Bertz CT molecular complexity index is 1870. The molecule has 1 atom stereocenters. The molecule has 12 heteroatoms. The van der Waals surface area contributed by atoms with Gasteiger partial charge in [-0.05, 0) is 66.8 Å². The van der Waals surface area contributed by atoms with Crippen molar-refractivity contribution in [3.8, 4) is 22.9 Å². The van der Waals surface area contributed by atoms with E-state index in [1.165, 1.54) is 12.1 Å². The van der Waals surface area contributed by atoms with E-state index >= 15 is 0 Å². The highest BCUT2D eigenvalue weighted by Crippen LogP contribution is 2.46. The fourth-order valence-electron chi connectivity index (χ4n) is 6.22. The number of benzene rings is 2. The normalized spacial score (nSPS) is 16.8. The van der Waals surface area contributed by atoms with Gasteiger partial charge in [0.05, 0.1) is 27.9 Å². The van der Waals surface area contributed by atoms with Gasteiger partial charge in [-0.15, -0.1) is 0 Å². The number of carbonyl (C=O) groups is 1. The third-order valence-corrected chi connectivity index (χ3v) is 10.2. The van der Waals surface area contributed by atoms with E-state index in [2.05, 4.69) is 21.2 Å². The maximum absolute atomic E-state index is 14.6. The van der Waals surface area contributed by atoms with E-state index < -0.39 is 17.9 Å². The summed E-state index contributed by atoms with van der Waals surface area (Å²) in [4.78, 5) is 22.0. The molecule has 0 spiro atoms. The Kier molecular flexibility index (Phi) is 10.6. The molecule has 0 amide bonds. The molecule has 1 saturated heterocycles. The van der Waals surface area contributed by atoms with Crippen LogP contribution in [0.5, 0.6) is 11.6 Å². The molecule has 1 N–H and O–H groups in total. The van der Waals surface area contributed by atoms with Crippen LogP contribution in [0.4, 0.5) is 4.39 Å². The summed E-state index contributed by atoms with van der Waals surface area (Å²) in [5.74, 6) is -0.0596. The molecule has 48 heavy (non-hydrogen) atoms. The molecule has 1 fully saturated rings. The zero-order valence-corrected chi connectivity index (χ0v) is 28.7. The molecule has 0 saturated carbocycles. The van der Waals surface area contributed by atoms with Gasteiger partial charge in [-0.1, -0.05) is 41.9 Å². The van der Waals surface area contributed by atoms with E-state index in [1.807, 2.05) is 25.1 Å². The maximum atomic E-state index is 14.6. The molecule has 252 valence electrons. The number of halogens is 2. The van der Waals surface area contributed by atoms with Gasteiger partial charge >= 0.3 is 5.97 Å². The Hall–Kier alpha value is -4.03. The van der Waals surface area contributed by atoms with Crippen LogP contribution in [0.1, 0.15) is 30.9 Å². The average Bonchev–Trinajstić information content (AvgIpc) is 3.50. The van der Waals surface area contributed by atoms with Crippen LogP contribution in [-0.4, -0.2) is 89.8 Å². The van der Waals surface area contributed by atoms with Crippen molar-refractivity contribution in [1.29, 1.82) is 0 Å². The molecule has 2 aromatic heterocycles. The van der Waals surface area contributed by atoms with E-state index in [0.717, 1.165) is 61.2 Å². The van der Waals surface area contributed by atoms with Crippen molar-refractivity contribution in [3.63, 3.8) is 0 Å². The Labute approximate surface area is 288 Å². The molecule has 2 aromatic carbocycles. The first-order valence-electron chi connectivity index (χ1n) is 15.9. The molecule has 2 aliphatic rings. The van der Waals surface area contributed by atoms with Crippen LogP contribution in [0.2, 0.25) is 0 Å². The van der Waals surface area contributed by atoms with Crippen LogP contribution in [0.25, 0.3) is 26.9 Å². The molecule has 1 aliphatic heterocycles.